The summed E-state index contributed by atoms with van der Waals surface area (Å²) in [6, 6.07) is 3.89. The van der Waals surface area contributed by atoms with Crippen molar-refractivity contribution in [1.29, 1.82) is 0 Å². The molecule has 0 fully saturated rings. The Bertz CT molecular complexity index is 552. The number of aryl methyl sites for hydroxylation is 1. The van der Waals surface area contributed by atoms with Crippen LogP contribution in [-0.2, 0) is 21.5 Å². The molecule has 0 aliphatic rings. The summed E-state index contributed by atoms with van der Waals surface area (Å²) in [5.74, 6) is -0.167. The van der Waals surface area contributed by atoms with E-state index in [1.54, 1.807) is 11.3 Å². The average Bonchev–Trinajstić information content (AvgIpc) is 2.73. The second-order valence-corrected chi connectivity index (χ2v) is 8.13. The Kier molecular flexibility index (Phi) is 6.12. The first-order chi connectivity index (χ1) is 9.23. The molecule has 114 valence electrons. The number of hydrogen-bond acceptors (Lipinski definition) is 4. The fourth-order valence-corrected chi connectivity index (χ4v) is 3.68. The van der Waals surface area contributed by atoms with E-state index in [0.717, 1.165) is 9.75 Å². The maximum absolute atomic E-state index is 12.3. The lowest BCUT2D eigenvalue weighted by Gasteiger charge is -2.25. The Labute approximate surface area is 124 Å². The lowest BCUT2D eigenvalue weighted by molar-refractivity contribution is -0.118. The van der Waals surface area contributed by atoms with Crippen molar-refractivity contribution in [1.82, 2.24) is 13.9 Å². The number of hydrogen-bond donors (Lipinski definition) is 1. The Morgan fingerprint density at radius 3 is 2.45 bits per heavy atom. The van der Waals surface area contributed by atoms with Gasteiger partial charge in [0.25, 0.3) is 10.2 Å². The summed E-state index contributed by atoms with van der Waals surface area (Å²) < 4.78 is 27.1. The average molecular weight is 319 g/mol. The van der Waals surface area contributed by atoms with Crippen LogP contribution >= 0.6 is 11.3 Å². The third kappa shape index (κ3) is 4.86. The van der Waals surface area contributed by atoms with Gasteiger partial charge in [-0.05, 0) is 19.1 Å². The highest BCUT2D eigenvalue weighted by atomic mass is 32.2. The quantitative estimate of drug-likeness (QED) is 0.808. The first-order valence-corrected chi connectivity index (χ1v) is 8.42. The number of nitrogens with one attached hydrogen (secondary N) is 1. The highest BCUT2D eigenvalue weighted by Gasteiger charge is 2.24. The minimum absolute atomic E-state index is 0.167. The van der Waals surface area contributed by atoms with Crippen LogP contribution in [0.25, 0.3) is 0 Å². The summed E-state index contributed by atoms with van der Waals surface area (Å²) in [7, 11) is -0.503. The zero-order valence-electron chi connectivity index (χ0n) is 12.2. The molecular formula is C12H21N3O3S2. The van der Waals surface area contributed by atoms with E-state index < -0.39 is 10.2 Å². The van der Waals surface area contributed by atoms with Crippen molar-refractivity contribution in [3.05, 3.63) is 21.9 Å². The van der Waals surface area contributed by atoms with E-state index in [1.165, 1.54) is 29.6 Å². The van der Waals surface area contributed by atoms with Crippen LogP contribution in [0.4, 0.5) is 0 Å². The zero-order valence-corrected chi connectivity index (χ0v) is 13.8. The monoisotopic (exact) mass is 319 g/mol. The normalized spacial score (nSPS) is 12.1. The minimum atomic E-state index is -3.50. The van der Waals surface area contributed by atoms with Crippen molar-refractivity contribution < 1.29 is 13.2 Å². The number of rotatable bonds is 7. The molecule has 1 amide bonds. The van der Waals surface area contributed by atoms with Gasteiger partial charge < -0.3 is 5.32 Å². The van der Waals surface area contributed by atoms with Crippen molar-refractivity contribution in [2.45, 2.75) is 20.4 Å². The number of amides is 1. The molecule has 6 nitrogen and oxygen atoms in total. The summed E-state index contributed by atoms with van der Waals surface area (Å²) in [4.78, 5) is 13.0. The lowest BCUT2D eigenvalue weighted by Crippen LogP contribution is -2.43. The standard InChI is InChI=1S/C12H21N3O3S2/c1-10-5-6-12(19-10)9-15(8-7-13-11(2)16)20(17,18)14(3)4/h5-6H,7-9H2,1-4H3,(H,13,16). The van der Waals surface area contributed by atoms with Crippen LogP contribution < -0.4 is 5.32 Å². The van der Waals surface area contributed by atoms with Crippen molar-refractivity contribution in [2.75, 3.05) is 27.2 Å². The molecule has 1 rings (SSSR count). The van der Waals surface area contributed by atoms with Gasteiger partial charge in [-0.15, -0.1) is 11.3 Å². The largest absolute Gasteiger partial charge is 0.355 e. The molecule has 0 saturated carbocycles. The third-order valence-corrected chi connectivity index (χ3v) is 5.52. The van der Waals surface area contributed by atoms with Crippen molar-refractivity contribution in [2.24, 2.45) is 0 Å². The molecular weight excluding hydrogens is 298 g/mol. The van der Waals surface area contributed by atoms with Crippen LogP contribution in [0.1, 0.15) is 16.7 Å². The SMILES string of the molecule is CC(=O)NCCN(Cc1ccc(C)s1)S(=O)(=O)N(C)C. The highest BCUT2D eigenvalue weighted by molar-refractivity contribution is 7.86. The molecule has 8 heteroatoms. The maximum atomic E-state index is 12.3. The van der Waals surface area contributed by atoms with Crippen LogP contribution in [0.2, 0.25) is 0 Å². The summed E-state index contributed by atoms with van der Waals surface area (Å²) in [6.07, 6.45) is 0. The predicted molar refractivity (Wildman–Crippen MR) is 80.8 cm³/mol. The van der Waals surface area contributed by atoms with Crippen LogP contribution in [-0.4, -0.2) is 50.1 Å². The molecule has 1 N–H and O–H groups in total. The number of nitrogens with zero attached hydrogens (tertiary/aromatic N) is 2. The molecule has 0 aromatic carbocycles. The Balaban J connectivity index is 2.81. The number of carbonyl (C=O) groups excluding carboxylic acids is 1. The summed E-state index contributed by atoms with van der Waals surface area (Å²) in [5.41, 5.74) is 0. The van der Waals surface area contributed by atoms with E-state index in [0.29, 0.717) is 13.1 Å². The Morgan fingerprint density at radius 1 is 1.35 bits per heavy atom. The lowest BCUT2D eigenvalue weighted by atomic mass is 10.4. The van der Waals surface area contributed by atoms with Gasteiger partial charge in [0.05, 0.1) is 0 Å². The molecule has 1 aromatic rings. The smallest absolute Gasteiger partial charge is 0.281 e. The molecule has 0 atom stereocenters. The maximum Gasteiger partial charge on any atom is 0.281 e. The fourth-order valence-electron chi connectivity index (χ4n) is 1.61. The van der Waals surface area contributed by atoms with Crippen molar-refractivity contribution >= 4 is 27.5 Å². The number of carbonyl (C=O) groups is 1. The number of thiophene rings is 1. The van der Waals surface area contributed by atoms with E-state index in [-0.39, 0.29) is 12.5 Å². The molecule has 1 aromatic heterocycles. The first kappa shape index (κ1) is 17.1. The fraction of sp³-hybridized carbons (Fsp3) is 0.583. The van der Waals surface area contributed by atoms with Gasteiger partial charge in [0, 0.05) is 50.4 Å². The highest BCUT2D eigenvalue weighted by Crippen LogP contribution is 2.19. The topological polar surface area (TPSA) is 69.7 Å². The molecule has 0 bridgehead atoms. The minimum Gasteiger partial charge on any atom is -0.355 e. The van der Waals surface area contributed by atoms with Crippen LogP contribution in [0.15, 0.2) is 12.1 Å². The van der Waals surface area contributed by atoms with Crippen molar-refractivity contribution in [3.8, 4) is 0 Å². The van der Waals surface area contributed by atoms with E-state index >= 15 is 0 Å². The van der Waals surface area contributed by atoms with Gasteiger partial charge in [0.1, 0.15) is 0 Å². The summed E-state index contributed by atoms with van der Waals surface area (Å²) in [6.45, 7) is 4.26. The molecule has 0 aliphatic carbocycles. The van der Waals surface area contributed by atoms with Gasteiger partial charge in [-0.3, -0.25) is 4.79 Å². The van der Waals surface area contributed by atoms with Crippen LogP contribution in [0.3, 0.4) is 0 Å². The molecule has 0 unspecified atom stereocenters. The van der Waals surface area contributed by atoms with Gasteiger partial charge in [-0.1, -0.05) is 0 Å². The first-order valence-electron chi connectivity index (χ1n) is 6.21. The van der Waals surface area contributed by atoms with E-state index in [9.17, 15) is 13.2 Å². The molecule has 0 aliphatic heterocycles. The Morgan fingerprint density at radius 2 is 2.00 bits per heavy atom. The molecule has 0 saturated heterocycles. The second kappa shape index (κ2) is 7.16. The zero-order chi connectivity index (χ0) is 15.3. The summed E-state index contributed by atoms with van der Waals surface area (Å²) >= 11 is 1.57. The van der Waals surface area contributed by atoms with E-state index in [4.69, 9.17) is 0 Å². The molecule has 1 heterocycles. The Hall–Kier alpha value is -0.960. The second-order valence-electron chi connectivity index (χ2n) is 4.62. The van der Waals surface area contributed by atoms with Crippen LogP contribution in [0, 0.1) is 6.92 Å². The van der Waals surface area contributed by atoms with E-state index in [1.807, 2.05) is 19.1 Å². The van der Waals surface area contributed by atoms with Crippen molar-refractivity contribution in [3.63, 3.8) is 0 Å². The van der Waals surface area contributed by atoms with Gasteiger partial charge >= 0.3 is 0 Å². The van der Waals surface area contributed by atoms with Gasteiger partial charge in [0.2, 0.25) is 5.91 Å². The van der Waals surface area contributed by atoms with Gasteiger partial charge in [-0.2, -0.15) is 17.0 Å². The summed E-state index contributed by atoms with van der Waals surface area (Å²) in [5, 5.41) is 2.62. The van der Waals surface area contributed by atoms with Crippen LogP contribution in [0.5, 0.6) is 0 Å². The van der Waals surface area contributed by atoms with E-state index in [2.05, 4.69) is 5.32 Å². The molecule has 0 spiro atoms. The van der Waals surface area contributed by atoms with Gasteiger partial charge in [0.15, 0.2) is 0 Å². The molecule has 20 heavy (non-hydrogen) atoms. The third-order valence-electron chi connectivity index (χ3n) is 2.65. The predicted octanol–water partition coefficient (Wildman–Crippen LogP) is 0.801. The molecule has 0 radical (unpaired) electrons. The van der Waals surface area contributed by atoms with Gasteiger partial charge in [-0.25, -0.2) is 0 Å².